The maximum atomic E-state index is 12.6. The molecule has 1 aliphatic rings. The van der Waals surface area contributed by atoms with Crippen LogP contribution in [0.4, 0.5) is 0 Å². The number of nitrogens with one attached hydrogen (secondary N) is 1. The summed E-state index contributed by atoms with van der Waals surface area (Å²) in [5.74, 6) is 0.892. The number of carbonyl (C=O) groups is 1. The van der Waals surface area contributed by atoms with Gasteiger partial charge in [0.25, 0.3) is 0 Å². The highest BCUT2D eigenvalue weighted by Gasteiger charge is 2.40. The van der Waals surface area contributed by atoms with Gasteiger partial charge in [0.1, 0.15) is 11.4 Å². The zero-order valence-corrected chi connectivity index (χ0v) is 14.9. The summed E-state index contributed by atoms with van der Waals surface area (Å²) in [4.78, 5) is 22.2. The molecule has 2 N–H and O–H groups in total. The second kappa shape index (κ2) is 6.57. The van der Waals surface area contributed by atoms with Gasteiger partial charge >= 0.3 is 0 Å². The molecule has 0 aliphatic carbocycles. The number of amides is 1. The number of nitrogens with zero attached hydrogens (tertiary/aromatic N) is 2. The summed E-state index contributed by atoms with van der Waals surface area (Å²) in [6.07, 6.45) is 1.55. The average molecular weight is 349 g/mol. The number of aliphatic hydroxyl groups is 1. The lowest BCUT2D eigenvalue weighted by molar-refractivity contribution is -0.131. The van der Waals surface area contributed by atoms with Crippen LogP contribution in [0.5, 0.6) is 0 Å². The second-order valence-electron chi connectivity index (χ2n) is 7.11. The number of fused-ring (bicyclic) bond motifs is 1. The van der Waals surface area contributed by atoms with Crippen molar-refractivity contribution in [2.75, 3.05) is 13.1 Å². The molecule has 1 aromatic heterocycles. The molecule has 2 heterocycles. The van der Waals surface area contributed by atoms with Crippen LogP contribution in [0, 0.1) is 6.92 Å². The van der Waals surface area contributed by atoms with Gasteiger partial charge in [0.05, 0.1) is 17.6 Å². The average Bonchev–Trinajstić information content (AvgIpc) is 3.24. The highest BCUT2D eigenvalue weighted by atomic mass is 16.3. The van der Waals surface area contributed by atoms with Crippen LogP contribution in [0.15, 0.2) is 48.5 Å². The Morgan fingerprint density at radius 1 is 1.23 bits per heavy atom. The van der Waals surface area contributed by atoms with Crippen LogP contribution in [0.25, 0.3) is 11.0 Å². The van der Waals surface area contributed by atoms with Crippen LogP contribution in [-0.4, -0.2) is 39.0 Å². The van der Waals surface area contributed by atoms with E-state index in [9.17, 15) is 9.90 Å². The molecule has 1 saturated heterocycles. The SMILES string of the molecule is Cc1ccccc1[C@@]1(O)CCN(C(=O)CCc2nc3ccccc3[nH]2)C1. The number of aryl methyl sites for hydroxylation is 2. The van der Waals surface area contributed by atoms with Gasteiger partial charge in [0, 0.05) is 19.4 Å². The van der Waals surface area contributed by atoms with Crippen molar-refractivity contribution in [3.05, 3.63) is 65.5 Å². The second-order valence-corrected chi connectivity index (χ2v) is 7.11. The van der Waals surface area contributed by atoms with Crippen molar-refractivity contribution in [2.24, 2.45) is 0 Å². The van der Waals surface area contributed by atoms with E-state index in [4.69, 9.17) is 0 Å². The summed E-state index contributed by atoms with van der Waals surface area (Å²) in [5.41, 5.74) is 2.95. The van der Waals surface area contributed by atoms with Crippen LogP contribution in [0.2, 0.25) is 0 Å². The van der Waals surface area contributed by atoms with Crippen molar-refractivity contribution in [1.29, 1.82) is 0 Å². The summed E-state index contributed by atoms with van der Waals surface area (Å²) < 4.78 is 0. The van der Waals surface area contributed by atoms with E-state index >= 15 is 0 Å². The maximum Gasteiger partial charge on any atom is 0.223 e. The minimum absolute atomic E-state index is 0.0648. The zero-order chi connectivity index (χ0) is 18.1. The predicted octanol–water partition coefficient (Wildman–Crippen LogP) is 2.92. The van der Waals surface area contributed by atoms with Gasteiger partial charge in [-0.3, -0.25) is 4.79 Å². The topological polar surface area (TPSA) is 69.2 Å². The summed E-state index contributed by atoms with van der Waals surface area (Å²) in [7, 11) is 0. The van der Waals surface area contributed by atoms with E-state index in [1.807, 2.05) is 55.5 Å². The molecule has 0 spiro atoms. The number of imidazole rings is 1. The molecule has 0 unspecified atom stereocenters. The Hall–Kier alpha value is -2.66. The molecule has 4 rings (SSSR count). The van der Waals surface area contributed by atoms with Gasteiger partial charge in [-0.1, -0.05) is 36.4 Å². The van der Waals surface area contributed by atoms with Gasteiger partial charge in [0.15, 0.2) is 0 Å². The fourth-order valence-electron chi connectivity index (χ4n) is 3.83. The molecule has 26 heavy (non-hydrogen) atoms. The number of β-amino-alcohol motifs (C(OH)–C–C–N with tert-alkyl or cyclic N) is 1. The number of H-pyrrole nitrogens is 1. The van der Waals surface area contributed by atoms with E-state index in [2.05, 4.69) is 9.97 Å². The molecule has 0 bridgehead atoms. The first-order valence-electron chi connectivity index (χ1n) is 9.05. The van der Waals surface area contributed by atoms with Crippen molar-refractivity contribution >= 4 is 16.9 Å². The van der Waals surface area contributed by atoms with Crippen LogP contribution >= 0.6 is 0 Å². The Kier molecular flexibility index (Phi) is 4.24. The zero-order valence-electron chi connectivity index (χ0n) is 14.9. The van der Waals surface area contributed by atoms with E-state index in [-0.39, 0.29) is 5.91 Å². The van der Waals surface area contributed by atoms with E-state index in [0.717, 1.165) is 28.0 Å². The molecule has 1 atom stereocenters. The third-order valence-corrected chi connectivity index (χ3v) is 5.26. The highest BCUT2D eigenvalue weighted by molar-refractivity contribution is 5.78. The van der Waals surface area contributed by atoms with Gasteiger partial charge in [0.2, 0.25) is 5.91 Å². The van der Waals surface area contributed by atoms with Crippen LogP contribution in [0.3, 0.4) is 0 Å². The van der Waals surface area contributed by atoms with Crippen molar-refractivity contribution < 1.29 is 9.90 Å². The fraction of sp³-hybridized carbons (Fsp3) is 0.333. The molecular formula is C21H23N3O2. The number of aromatic amines is 1. The summed E-state index contributed by atoms with van der Waals surface area (Å²) in [5, 5.41) is 11.0. The molecule has 1 aliphatic heterocycles. The maximum absolute atomic E-state index is 12.6. The number of benzene rings is 2. The van der Waals surface area contributed by atoms with Crippen molar-refractivity contribution in [3.63, 3.8) is 0 Å². The van der Waals surface area contributed by atoms with Gasteiger partial charge < -0.3 is 15.0 Å². The van der Waals surface area contributed by atoms with Crippen LogP contribution in [-0.2, 0) is 16.8 Å². The van der Waals surface area contributed by atoms with Gasteiger partial charge in [-0.25, -0.2) is 4.98 Å². The van der Waals surface area contributed by atoms with Gasteiger partial charge in [-0.05, 0) is 36.6 Å². The summed E-state index contributed by atoms with van der Waals surface area (Å²) >= 11 is 0. The lowest BCUT2D eigenvalue weighted by Crippen LogP contribution is -2.35. The first kappa shape index (κ1) is 16.8. The molecule has 1 fully saturated rings. The molecule has 134 valence electrons. The predicted molar refractivity (Wildman–Crippen MR) is 101 cm³/mol. The van der Waals surface area contributed by atoms with Crippen molar-refractivity contribution in [3.8, 4) is 0 Å². The third kappa shape index (κ3) is 3.10. The standard InChI is InChI=1S/C21H23N3O2/c1-15-6-2-3-7-16(15)21(26)12-13-24(14-21)20(25)11-10-19-22-17-8-4-5-9-18(17)23-19/h2-9,26H,10-14H2,1H3,(H,22,23)/t21-/m1/s1. The van der Waals surface area contributed by atoms with E-state index in [1.165, 1.54) is 0 Å². The van der Waals surface area contributed by atoms with Crippen LogP contribution in [0.1, 0.15) is 29.8 Å². The first-order chi connectivity index (χ1) is 12.5. The Morgan fingerprint density at radius 2 is 2.00 bits per heavy atom. The molecular weight excluding hydrogens is 326 g/mol. The monoisotopic (exact) mass is 349 g/mol. The number of rotatable bonds is 4. The largest absolute Gasteiger partial charge is 0.383 e. The quantitative estimate of drug-likeness (QED) is 0.761. The molecule has 2 aromatic carbocycles. The van der Waals surface area contributed by atoms with Gasteiger partial charge in [-0.2, -0.15) is 0 Å². The first-order valence-corrected chi connectivity index (χ1v) is 9.05. The minimum atomic E-state index is -0.944. The van der Waals surface area contributed by atoms with E-state index in [1.54, 1.807) is 4.90 Å². The molecule has 0 saturated carbocycles. The number of carbonyl (C=O) groups excluding carboxylic acids is 1. The smallest absolute Gasteiger partial charge is 0.223 e. The van der Waals surface area contributed by atoms with E-state index < -0.39 is 5.60 Å². The Balaban J connectivity index is 1.40. The van der Waals surface area contributed by atoms with Gasteiger partial charge in [-0.15, -0.1) is 0 Å². The third-order valence-electron chi connectivity index (χ3n) is 5.26. The Bertz CT molecular complexity index is 916. The molecule has 5 nitrogen and oxygen atoms in total. The normalized spacial score (nSPS) is 20.0. The van der Waals surface area contributed by atoms with Crippen molar-refractivity contribution in [2.45, 2.75) is 31.8 Å². The number of para-hydroxylation sites is 2. The lowest BCUT2D eigenvalue weighted by atomic mass is 9.89. The van der Waals surface area contributed by atoms with E-state index in [0.29, 0.717) is 32.4 Å². The number of hydrogen-bond acceptors (Lipinski definition) is 3. The van der Waals surface area contributed by atoms with Crippen molar-refractivity contribution in [1.82, 2.24) is 14.9 Å². The number of aromatic nitrogens is 2. The molecule has 5 heteroatoms. The molecule has 1 amide bonds. The summed E-state index contributed by atoms with van der Waals surface area (Å²) in [6.45, 7) is 2.94. The Labute approximate surface area is 152 Å². The summed E-state index contributed by atoms with van der Waals surface area (Å²) in [6, 6.07) is 15.7. The molecule has 3 aromatic rings. The Morgan fingerprint density at radius 3 is 2.81 bits per heavy atom. The number of likely N-dealkylation sites (tertiary alicyclic amines) is 1. The lowest BCUT2D eigenvalue weighted by Gasteiger charge is -2.25. The van der Waals surface area contributed by atoms with Crippen LogP contribution < -0.4 is 0 Å². The fourth-order valence-corrected chi connectivity index (χ4v) is 3.83. The minimum Gasteiger partial charge on any atom is -0.383 e. The number of hydrogen-bond donors (Lipinski definition) is 2. The molecule has 0 radical (unpaired) electrons. The highest BCUT2D eigenvalue weighted by Crippen LogP contribution is 2.34.